The van der Waals surface area contributed by atoms with Crippen molar-refractivity contribution in [2.75, 3.05) is 42.8 Å². The van der Waals surface area contributed by atoms with Crippen LogP contribution < -0.4 is 20.9 Å². The average molecular weight is 564 g/mol. The van der Waals surface area contributed by atoms with E-state index in [-0.39, 0.29) is 31.1 Å². The van der Waals surface area contributed by atoms with Gasteiger partial charge in [0.2, 0.25) is 5.95 Å². The molecule has 14 heteroatoms. The standard InChI is InChI=1S/C25H28F3N7O3S/c26-16-6-8-34(13-16)39(37,38)33-20-4-3-19(27)21(22(20)28)18-9-15-11-31-25(30-10-14-1-2-14)32-23(15)35(24(18)36)17-5-7-29-12-17/h3-4,9,11,14,16-17,29,33H,1-2,5-8,10,12-13H2,(H,30,31,32)/t16-,17?/m1/s1. The van der Waals surface area contributed by atoms with Crippen molar-refractivity contribution in [2.45, 2.75) is 37.9 Å². The van der Waals surface area contributed by atoms with Gasteiger partial charge in [0.25, 0.3) is 5.56 Å². The summed E-state index contributed by atoms with van der Waals surface area (Å²) in [7, 11) is -4.30. The van der Waals surface area contributed by atoms with E-state index in [1.54, 1.807) is 0 Å². The van der Waals surface area contributed by atoms with Crippen molar-refractivity contribution in [1.29, 1.82) is 0 Å². The number of aromatic nitrogens is 3. The van der Waals surface area contributed by atoms with Gasteiger partial charge in [0.1, 0.15) is 17.6 Å². The molecule has 6 rings (SSSR count). The van der Waals surface area contributed by atoms with Crippen molar-refractivity contribution in [3.05, 3.63) is 46.4 Å². The van der Waals surface area contributed by atoms with Crippen LogP contribution in [-0.2, 0) is 10.2 Å². The van der Waals surface area contributed by atoms with E-state index in [0.29, 0.717) is 42.4 Å². The highest BCUT2D eigenvalue weighted by Gasteiger charge is 2.33. The quantitative estimate of drug-likeness (QED) is 0.386. The molecule has 4 heterocycles. The van der Waals surface area contributed by atoms with Gasteiger partial charge in [0.05, 0.1) is 22.9 Å². The minimum Gasteiger partial charge on any atom is -0.354 e. The molecule has 10 nitrogen and oxygen atoms in total. The largest absolute Gasteiger partial charge is 0.354 e. The van der Waals surface area contributed by atoms with Gasteiger partial charge in [0.15, 0.2) is 5.82 Å². The average Bonchev–Trinajstić information content (AvgIpc) is 3.36. The van der Waals surface area contributed by atoms with Gasteiger partial charge in [-0.3, -0.25) is 14.1 Å². The predicted octanol–water partition coefficient (Wildman–Crippen LogP) is 2.79. The molecule has 1 saturated carbocycles. The second kappa shape index (κ2) is 10.1. The lowest BCUT2D eigenvalue weighted by molar-refractivity contribution is 0.343. The zero-order valence-corrected chi connectivity index (χ0v) is 21.8. The molecule has 3 N–H and O–H groups in total. The molecule has 2 atom stereocenters. The molecule has 3 aromatic rings. The van der Waals surface area contributed by atoms with Crippen molar-refractivity contribution in [2.24, 2.45) is 5.92 Å². The first kappa shape index (κ1) is 26.0. The van der Waals surface area contributed by atoms with Gasteiger partial charge in [-0.05, 0) is 56.3 Å². The minimum atomic E-state index is -4.30. The number of hydrogen-bond donors (Lipinski definition) is 3. The summed E-state index contributed by atoms with van der Waals surface area (Å²) in [6, 6.07) is 2.86. The summed E-state index contributed by atoms with van der Waals surface area (Å²) in [5, 5.41) is 6.79. The topological polar surface area (TPSA) is 121 Å². The van der Waals surface area contributed by atoms with Crippen LogP contribution in [-0.4, -0.2) is 66.2 Å². The summed E-state index contributed by atoms with van der Waals surface area (Å²) >= 11 is 0. The molecule has 1 unspecified atom stereocenters. The maximum Gasteiger partial charge on any atom is 0.301 e. The Morgan fingerprint density at radius 2 is 1.97 bits per heavy atom. The van der Waals surface area contributed by atoms with Crippen LogP contribution in [0.4, 0.5) is 24.8 Å². The van der Waals surface area contributed by atoms with E-state index in [9.17, 15) is 17.6 Å². The molecule has 0 radical (unpaired) electrons. The van der Waals surface area contributed by atoms with E-state index in [2.05, 4.69) is 25.3 Å². The second-order valence-corrected chi connectivity index (χ2v) is 12.0. The summed E-state index contributed by atoms with van der Waals surface area (Å²) < 4.78 is 74.4. The van der Waals surface area contributed by atoms with Crippen molar-refractivity contribution in [1.82, 2.24) is 24.2 Å². The Morgan fingerprint density at radius 3 is 2.67 bits per heavy atom. The predicted molar refractivity (Wildman–Crippen MR) is 141 cm³/mol. The van der Waals surface area contributed by atoms with E-state index in [0.717, 1.165) is 35.8 Å². The van der Waals surface area contributed by atoms with Crippen LogP contribution in [0, 0.1) is 17.6 Å². The fourth-order valence-corrected chi connectivity index (χ4v) is 6.40. The third kappa shape index (κ3) is 5.08. The number of halogens is 3. The van der Waals surface area contributed by atoms with Crippen LogP contribution in [0.15, 0.2) is 29.2 Å². The van der Waals surface area contributed by atoms with Gasteiger partial charge in [-0.1, -0.05) is 0 Å². The van der Waals surface area contributed by atoms with E-state index in [4.69, 9.17) is 0 Å². The molecule has 0 spiro atoms. The number of pyridine rings is 1. The normalized spacial score (nSPS) is 22.0. The first-order valence-corrected chi connectivity index (χ1v) is 14.4. The maximum atomic E-state index is 15.8. The minimum absolute atomic E-state index is 0.0323. The van der Waals surface area contributed by atoms with Crippen molar-refractivity contribution in [3.63, 3.8) is 0 Å². The highest BCUT2D eigenvalue weighted by atomic mass is 32.2. The van der Waals surface area contributed by atoms with Crippen LogP contribution >= 0.6 is 0 Å². The molecule has 2 saturated heterocycles. The van der Waals surface area contributed by atoms with Gasteiger partial charge in [-0.15, -0.1) is 0 Å². The van der Waals surface area contributed by atoms with Gasteiger partial charge >= 0.3 is 10.2 Å². The first-order valence-electron chi connectivity index (χ1n) is 13.0. The SMILES string of the molecule is O=c1c(-c2c(F)ccc(NS(=O)(=O)N3CC[C@@H](F)C3)c2F)cc2cnc(NCC3CC3)nc2n1C1CCNC1. The lowest BCUT2D eigenvalue weighted by atomic mass is 10.0. The lowest BCUT2D eigenvalue weighted by Gasteiger charge is -2.20. The van der Waals surface area contributed by atoms with Gasteiger partial charge in [-0.25, -0.2) is 18.2 Å². The van der Waals surface area contributed by atoms with Crippen molar-refractivity contribution >= 4 is 32.9 Å². The summed E-state index contributed by atoms with van der Waals surface area (Å²) in [5.74, 6) is -1.33. The summed E-state index contributed by atoms with van der Waals surface area (Å²) in [4.78, 5) is 22.7. The molecule has 1 aliphatic carbocycles. The summed E-state index contributed by atoms with van der Waals surface area (Å²) in [5.41, 5.74) is -1.79. The number of benzene rings is 1. The number of nitrogens with zero attached hydrogens (tertiary/aromatic N) is 4. The Hall–Kier alpha value is -3.23. The van der Waals surface area contributed by atoms with Crippen molar-refractivity contribution < 1.29 is 21.6 Å². The van der Waals surface area contributed by atoms with Crippen LogP contribution in [0.3, 0.4) is 0 Å². The number of nitrogens with one attached hydrogen (secondary N) is 3. The van der Waals surface area contributed by atoms with Crippen LogP contribution in [0.25, 0.3) is 22.2 Å². The molecule has 2 aromatic heterocycles. The van der Waals surface area contributed by atoms with Crippen LogP contribution in [0.1, 0.15) is 31.7 Å². The van der Waals surface area contributed by atoms with Crippen LogP contribution in [0.5, 0.6) is 0 Å². The fraction of sp³-hybridized carbons (Fsp3) is 0.480. The summed E-state index contributed by atoms with van der Waals surface area (Å²) in [6.45, 7) is 1.45. The zero-order chi connectivity index (χ0) is 27.3. The number of fused-ring (bicyclic) bond motifs is 1. The molecule has 1 aromatic carbocycles. The van der Waals surface area contributed by atoms with E-state index < -0.39 is 44.8 Å². The lowest BCUT2D eigenvalue weighted by Crippen LogP contribution is -2.34. The molecule has 0 amide bonds. The van der Waals surface area contributed by atoms with Crippen molar-refractivity contribution in [3.8, 4) is 11.1 Å². The number of rotatable bonds is 8. The maximum absolute atomic E-state index is 15.8. The van der Waals surface area contributed by atoms with E-state index >= 15 is 8.78 Å². The van der Waals surface area contributed by atoms with Crippen LogP contribution in [0.2, 0.25) is 0 Å². The Labute approximate surface area is 222 Å². The number of anilines is 2. The Morgan fingerprint density at radius 1 is 1.15 bits per heavy atom. The Bertz CT molecular complexity index is 1590. The molecule has 208 valence electrons. The Kier molecular flexibility index (Phi) is 6.71. The molecule has 0 bridgehead atoms. The van der Waals surface area contributed by atoms with Gasteiger partial charge < -0.3 is 10.6 Å². The zero-order valence-electron chi connectivity index (χ0n) is 21.0. The Balaban J connectivity index is 1.44. The smallest absolute Gasteiger partial charge is 0.301 e. The molecular weight excluding hydrogens is 535 g/mol. The molecular formula is C25H28F3N7O3S. The molecule has 3 aliphatic rings. The highest BCUT2D eigenvalue weighted by Crippen LogP contribution is 2.33. The van der Waals surface area contributed by atoms with E-state index in [1.165, 1.54) is 16.8 Å². The first-order chi connectivity index (χ1) is 18.7. The van der Waals surface area contributed by atoms with E-state index in [1.807, 2.05) is 0 Å². The monoisotopic (exact) mass is 563 g/mol. The van der Waals surface area contributed by atoms with Gasteiger partial charge in [0, 0.05) is 37.8 Å². The fourth-order valence-electron chi connectivity index (χ4n) is 5.13. The van der Waals surface area contributed by atoms with Gasteiger partial charge in [-0.2, -0.15) is 17.7 Å². The molecule has 39 heavy (non-hydrogen) atoms. The summed E-state index contributed by atoms with van der Waals surface area (Å²) in [6.07, 6.45) is 3.12. The molecule has 3 fully saturated rings. The highest BCUT2D eigenvalue weighted by molar-refractivity contribution is 7.90. The third-order valence-corrected chi connectivity index (χ3v) is 8.94. The number of alkyl halides is 1. The number of hydrogen-bond acceptors (Lipinski definition) is 7. The molecule has 2 aliphatic heterocycles. The third-order valence-electron chi connectivity index (χ3n) is 7.45. The second-order valence-electron chi connectivity index (χ2n) is 10.3.